The standard InChI is InChI=1S/C6H9BrO2/c1-2-6(5-7)8-3-4-9-6/h2H,1,3-5H2. The van der Waals surface area contributed by atoms with Gasteiger partial charge < -0.3 is 9.47 Å². The smallest absolute Gasteiger partial charge is 0.197 e. The zero-order valence-electron chi connectivity index (χ0n) is 5.10. The Morgan fingerprint density at radius 1 is 1.56 bits per heavy atom. The Labute approximate surface area is 63.0 Å². The third kappa shape index (κ3) is 1.34. The summed E-state index contributed by atoms with van der Waals surface area (Å²) in [5.41, 5.74) is 0. The number of hydrogen-bond acceptors (Lipinski definition) is 2. The molecule has 0 N–H and O–H groups in total. The molecule has 0 bridgehead atoms. The van der Waals surface area contributed by atoms with Gasteiger partial charge in [0.25, 0.3) is 0 Å². The summed E-state index contributed by atoms with van der Waals surface area (Å²) in [6.45, 7) is 4.93. The first-order chi connectivity index (χ1) is 4.33. The maximum Gasteiger partial charge on any atom is 0.197 e. The van der Waals surface area contributed by atoms with Crippen LogP contribution < -0.4 is 0 Å². The van der Waals surface area contributed by atoms with Crippen molar-refractivity contribution in [2.45, 2.75) is 5.79 Å². The molecule has 0 unspecified atom stereocenters. The second kappa shape index (κ2) is 2.82. The Morgan fingerprint density at radius 3 is 2.33 bits per heavy atom. The number of rotatable bonds is 2. The molecule has 0 spiro atoms. The van der Waals surface area contributed by atoms with Crippen LogP contribution in [0.1, 0.15) is 0 Å². The van der Waals surface area contributed by atoms with Crippen LogP contribution in [0, 0.1) is 0 Å². The van der Waals surface area contributed by atoms with Crippen LogP contribution in [0.2, 0.25) is 0 Å². The Kier molecular flexibility index (Phi) is 2.27. The summed E-state index contributed by atoms with van der Waals surface area (Å²) in [6.07, 6.45) is 1.68. The van der Waals surface area contributed by atoms with E-state index in [0.717, 1.165) is 0 Å². The van der Waals surface area contributed by atoms with Gasteiger partial charge in [0.15, 0.2) is 5.79 Å². The summed E-state index contributed by atoms with van der Waals surface area (Å²) in [5.74, 6) is -0.542. The first kappa shape index (κ1) is 7.25. The van der Waals surface area contributed by atoms with Crippen LogP contribution in [0.25, 0.3) is 0 Å². The van der Waals surface area contributed by atoms with Crippen LogP contribution in [-0.4, -0.2) is 24.3 Å². The molecule has 9 heavy (non-hydrogen) atoms. The van der Waals surface area contributed by atoms with E-state index in [1.54, 1.807) is 6.08 Å². The zero-order chi connectivity index (χ0) is 6.74. The van der Waals surface area contributed by atoms with Crippen molar-refractivity contribution < 1.29 is 9.47 Å². The highest BCUT2D eigenvalue weighted by molar-refractivity contribution is 9.09. The maximum atomic E-state index is 5.25. The van der Waals surface area contributed by atoms with Crippen LogP contribution in [0.4, 0.5) is 0 Å². The highest BCUT2D eigenvalue weighted by Crippen LogP contribution is 2.22. The molecule has 1 aliphatic rings. The van der Waals surface area contributed by atoms with E-state index in [2.05, 4.69) is 22.5 Å². The second-order valence-corrected chi connectivity index (χ2v) is 2.41. The fourth-order valence-corrected chi connectivity index (χ4v) is 1.27. The number of ether oxygens (including phenoxy) is 2. The van der Waals surface area contributed by atoms with Gasteiger partial charge in [0.1, 0.15) is 0 Å². The number of alkyl halides is 1. The first-order valence-electron chi connectivity index (χ1n) is 2.80. The molecule has 1 aliphatic heterocycles. The molecule has 0 aromatic rings. The minimum Gasteiger partial charge on any atom is -0.343 e. The van der Waals surface area contributed by atoms with Crippen molar-refractivity contribution in [3.8, 4) is 0 Å². The molecule has 52 valence electrons. The predicted molar refractivity (Wildman–Crippen MR) is 38.6 cm³/mol. The fraction of sp³-hybridized carbons (Fsp3) is 0.667. The minimum atomic E-state index is -0.542. The molecule has 0 aliphatic carbocycles. The third-order valence-corrected chi connectivity index (χ3v) is 2.05. The Morgan fingerprint density at radius 2 is 2.11 bits per heavy atom. The predicted octanol–water partition coefficient (Wildman–Crippen LogP) is 1.31. The highest BCUT2D eigenvalue weighted by Gasteiger charge is 2.31. The monoisotopic (exact) mass is 192 g/mol. The summed E-state index contributed by atoms with van der Waals surface area (Å²) in [4.78, 5) is 0. The van der Waals surface area contributed by atoms with Gasteiger partial charge in [-0.15, -0.1) is 0 Å². The van der Waals surface area contributed by atoms with Crippen LogP contribution in [0.3, 0.4) is 0 Å². The largest absolute Gasteiger partial charge is 0.343 e. The van der Waals surface area contributed by atoms with Gasteiger partial charge in [0.05, 0.1) is 18.5 Å². The zero-order valence-corrected chi connectivity index (χ0v) is 6.69. The maximum absolute atomic E-state index is 5.25. The fourth-order valence-electron chi connectivity index (χ4n) is 0.720. The van der Waals surface area contributed by atoms with Gasteiger partial charge in [-0.1, -0.05) is 22.5 Å². The Bertz CT molecular complexity index is 108. The van der Waals surface area contributed by atoms with Gasteiger partial charge in [-0.2, -0.15) is 0 Å². The van der Waals surface area contributed by atoms with E-state index in [9.17, 15) is 0 Å². The minimum absolute atomic E-state index is 0.542. The molecule has 0 atom stereocenters. The van der Waals surface area contributed by atoms with Gasteiger partial charge in [0, 0.05) is 0 Å². The normalized spacial score (nSPS) is 24.1. The molecule has 3 heteroatoms. The van der Waals surface area contributed by atoms with E-state index in [1.807, 2.05) is 0 Å². The molecular formula is C6H9BrO2. The van der Waals surface area contributed by atoms with Crippen LogP contribution >= 0.6 is 15.9 Å². The highest BCUT2D eigenvalue weighted by atomic mass is 79.9. The second-order valence-electron chi connectivity index (χ2n) is 1.85. The number of hydrogen-bond donors (Lipinski definition) is 0. The van der Waals surface area contributed by atoms with E-state index in [4.69, 9.17) is 9.47 Å². The molecule has 1 rings (SSSR count). The van der Waals surface area contributed by atoms with Gasteiger partial charge in [0.2, 0.25) is 0 Å². The van der Waals surface area contributed by atoms with E-state index in [1.165, 1.54) is 0 Å². The lowest BCUT2D eigenvalue weighted by atomic mass is 10.3. The third-order valence-electron chi connectivity index (χ3n) is 1.27. The van der Waals surface area contributed by atoms with E-state index in [0.29, 0.717) is 18.5 Å². The van der Waals surface area contributed by atoms with Gasteiger partial charge >= 0.3 is 0 Å². The van der Waals surface area contributed by atoms with Crippen LogP contribution in [0.15, 0.2) is 12.7 Å². The summed E-state index contributed by atoms with van der Waals surface area (Å²) >= 11 is 3.27. The topological polar surface area (TPSA) is 18.5 Å². The van der Waals surface area contributed by atoms with E-state index < -0.39 is 5.79 Å². The average molecular weight is 193 g/mol. The lowest BCUT2D eigenvalue weighted by Crippen LogP contribution is -2.28. The molecule has 1 heterocycles. The summed E-state index contributed by atoms with van der Waals surface area (Å²) in [5, 5.41) is 0.656. The molecule has 0 saturated carbocycles. The van der Waals surface area contributed by atoms with E-state index in [-0.39, 0.29) is 0 Å². The average Bonchev–Trinajstić information content (AvgIpc) is 2.36. The lowest BCUT2D eigenvalue weighted by molar-refractivity contribution is -0.0941. The Balaban J connectivity index is 2.55. The van der Waals surface area contributed by atoms with Crippen molar-refractivity contribution >= 4 is 15.9 Å². The van der Waals surface area contributed by atoms with Crippen molar-refractivity contribution in [2.75, 3.05) is 18.5 Å². The van der Waals surface area contributed by atoms with Gasteiger partial charge in [-0.25, -0.2) is 0 Å². The molecule has 0 amide bonds. The van der Waals surface area contributed by atoms with Crippen molar-refractivity contribution in [3.63, 3.8) is 0 Å². The molecule has 1 fully saturated rings. The van der Waals surface area contributed by atoms with Crippen molar-refractivity contribution in [1.82, 2.24) is 0 Å². The summed E-state index contributed by atoms with van der Waals surface area (Å²) < 4.78 is 10.5. The molecular weight excluding hydrogens is 184 g/mol. The summed E-state index contributed by atoms with van der Waals surface area (Å²) in [7, 11) is 0. The first-order valence-corrected chi connectivity index (χ1v) is 3.92. The van der Waals surface area contributed by atoms with Crippen molar-refractivity contribution in [3.05, 3.63) is 12.7 Å². The van der Waals surface area contributed by atoms with Crippen molar-refractivity contribution in [1.29, 1.82) is 0 Å². The Hall–Kier alpha value is 0.140. The van der Waals surface area contributed by atoms with Crippen LogP contribution in [-0.2, 0) is 9.47 Å². The van der Waals surface area contributed by atoms with E-state index >= 15 is 0 Å². The molecule has 2 nitrogen and oxygen atoms in total. The SMILES string of the molecule is C=CC1(CBr)OCCO1. The molecule has 0 radical (unpaired) electrons. The number of halogens is 1. The quantitative estimate of drug-likeness (QED) is 0.486. The van der Waals surface area contributed by atoms with Gasteiger partial charge in [-0.05, 0) is 6.08 Å². The van der Waals surface area contributed by atoms with Crippen LogP contribution in [0.5, 0.6) is 0 Å². The van der Waals surface area contributed by atoms with Gasteiger partial charge in [-0.3, -0.25) is 0 Å². The molecule has 0 aromatic heterocycles. The summed E-state index contributed by atoms with van der Waals surface area (Å²) in [6, 6.07) is 0. The van der Waals surface area contributed by atoms with Crippen molar-refractivity contribution in [2.24, 2.45) is 0 Å². The molecule has 0 aromatic carbocycles. The molecule has 1 saturated heterocycles. The lowest BCUT2D eigenvalue weighted by Gasteiger charge is -2.19.